The molecule has 3 aromatic heterocycles. The van der Waals surface area contributed by atoms with E-state index in [9.17, 15) is 22.8 Å². The first-order valence-corrected chi connectivity index (χ1v) is 19.8. The highest BCUT2D eigenvalue weighted by Crippen LogP contribution is 2.43. The number of benzene rings is 1. The Kier molecular flexibility index (Phi) is 9.69. The summed E-state index contributed by atoms with van der Waals surface area (Å²) in [5.41, 5.74) is -2.26. The van der Waals surface area contributed by atoms with Crippen LogP contribution in [0.25, 0.3) is 15.2 Å². The molecule has 4 atom stereocenters. The molecule has 17 heteroatoms. The van der Waals surface area contributed by atoms with Gasteiger partial charge < -0.3 is 18.9 Å². The number of carbonyl (C=O) groups is 1. The smallest absolute Gasteiger partial charge is 0.333 e. The van der Waals surface area contributed by atoms with Crippen LogP contribution in [0.3, 0.4) is 0 Å². The van der Waals surface area contributed by atoms with Gasteiger partial charge in [0.05, 0.1) is 54.0 Å². The summed E-state index contributed by atoms with van der Waals surface area (Å²) < 4.78 is 54.0. The number of carbonyl (C=O) groups excluding carboxylic acids is 1. The molecule has 2 bridgehead atoms. The van der Waals surface area contributed by atoms with E-state index < -0.39 is 43.6 Å². The SMILES string of the molecule is COCCOc1ccccc1[C@H](Cn1c(=O)n(C(C)(C)C(=O)NS(=O)(=O)C2(C)CC2)c(=O)c2c(C)c(-n3nccn3)sc21)OC1C[C@H]2CC[C@@H](C1)O2.[HH]. The number of sulfonamides is 1. The molecule has 5 heterocycles. The number of methoxy groups -OCH3 is 1. The van der Waals surface area contributed by atoms with E-state index in [1.165, 1.54) is 46.9 Å². The van der Waals surface area contributed by atoms with Crippen molar-refractivity contribution < 1.29 is 33.6 Å². The Balaban J connectivity index is 0.00000481. The summed E-state index contributed by atoms with van der Waals surface area (Å²) in [7, 11) is -2.48. The number of aryl methyl sites for hydroxylation is 1. The van der Waals surface area contributed by atoms with Crippen molar-refractivity contribution in [1.29, 1.82) is 0 Å². The van der Waals surface area contributed by atoms with Crippen LogP contribution in [-0.4, -0.2) is 81.8 Å². The first-order valence-electron chi connectivity index (χ1n) is 17.5. The second-order valence-electron chi connectivity index (χ2n) is 14.6. The zero-order valence-corrected chi connectivity index (χ0v) is 31.5. The van der Waals surface area contributed by atoms with Crippen LogP contribution < -0.4 is 20.7 Å². The van der Waals surface area contributed by atoms with Gasteiger partial charge >= 0.3 is 5.69 Å². The molecule has 1 N–H and O–H groups in total. The number of rotatable bonds is 14. The molecule has 15 nitrogen and oxygen atoms in total. The fourth-order valence-electron chi connectivity index (χ4n) is 7.06. The Morgan fingerprint density at radius 3 is 2.46 bits per heavy atom. The predicted molar refractivity (Wildman–Crippen MR) is 195 cm³/mol. The topological polar surface area (TPSA) is 175 Å². The fourth-order valence-corrected chi connectivity index (χ4v) is 9.66. The van der Waals surface area contributed by atoms with Crippen molar-refractivity contribution in [1.82, 2.24) is 28.9 Å². The van der Waals surface area contributed by atoms with Crippen molar-refractivity contribution in [3.8, 4) is 10.8 Å². The van der Waals surface area contributed by atoms with Gasteiger partial charge in [-0.25, -0.2) is 17.8 Å². The molecule has 4 aromatic rings. The van der Waals surface area contributed by atoms with Gasteiger partial charge in [-0.1, -0.05) is 29.5 Å². The van der Waals surface area contributed by atoms with E-state index >= 15 is 0 Å². The number of ether oxygens (including phenoxy) is 4. The Morgan fingerprint density at radius 2 is 1.81 bits per heavy atom. The van der Waals surface area contributed by atoms with Crippen molar-refractivity contribution in [2.75, 3.05) is 20.3 Å². The Bertz CT molecular complexity index is 2200. The minimum absolute atomic E-state index is 0. The average molecular weight is 759 g/mol. The summed E-state index contributed by atoms with van der Waals surface area (Å²) in [6.45, 7) is 6.61. The third-order valence-electron chi connectivity index (χ3n) is 10.5. The molecule has 1 aliphatic carbocycles. The molecule has 7 rings (SSSR count). The first-order chi connectivity index (χ1) is 24.7. The number of aromatic nitrogens is 5. The van der Waals surface area contributed by atoms with Crippen LogP contribution in [0.2, 0.25) is 0 Å². The van der Waals surface area contributed by atoms with Gasteiger partial charge in [0, 0.05) is 19.7 Å². The number of fused-ring (bicyclic) bond motifs is 3. The number of para-hydroxylation sites is 1. The fraction of sp³-hybridized carbons (Fsp3) is 0.571. The summed E-state index contributed by atoms with van der Waals surface area (Å²) in [5, 5.41) is 9.24. The van der Waals surface area contributed by atoms with Crippen LogP contribution in [0.4, 0.5) is 0 Å². The Morgan fingerprint density at radius 1 is 1.13 bits per heavy atom. The van der Waals surface area contributed by atoms with Crippen LogP contribution in [0.5, 0.6) is 5.75 Å². The van der Waals surface area contributed by atoms with E-state index in [0.717, 1.165) is 17.4 Å². The molecule has 2 aliphatic heterocycles. The van der Waals surface area contributed by atoms with Gasteiger partial charge in [0.2, 0.25) is 10.0 Å². The molecule has 1 aromatic carbocycles. The molecule has 282 valence electrons. The van der Waals surface area contributed by atoms with Crippen molar-refractivity contribution in [2.24, 2.45) is 0 Å². The van der Waals surface area contributed by atoms with E-state index in [4.69, 9.17) is 18.9 Å². The lowest BCUT2D eigenvalue weighted by molar-refractivity contribution is -0.126. The highest BCUT2D eigenvalue weighted by molar-refractivity contribution is 7.91. The lowest BCUT2D eigenvalue weighted by Crippen LogP contribution is -2.57. The summed E-state index contributed by atoms with van der Waals surface area (Å²) >= 11 is 1.17. The lowest BCUT2D eigenvalue weighted by Gasteiger charge is -2.33. The van der Waals surface area contributed by atoms with Gasteiger partial charge in [-0.2, -0.15) is 10.2 Å². The molecule has 0 radical (unpaired) electrons. The van der Waals surface area contributed by atoms with Crippen molar-refractivity contribution in [3.63, 3.8) is 0 Å². The molecule has 1 amide bonds. The Labute approximate surface area is 306 Å². The largest absolute Gasteiger partial charge is 0.491 e. The monoisotopic (exact) mass is 758 g/mol. The molecule has 3 aliphatic rings. The molecule has 52 heavy (non-hydrogen) atoms. The van der Waals surface area contributed by atoms with E-state index in [1.54, 1.807) is 21.0 Å². The number of nitrogens with one attached hydrogen (secondary N) is 1. The van der Waals surface area contributed by atoms with Crippen LogP contribution >= 0.6 is 11.3 Å². The third-order valence-corrected chi connectivity index (χ3v) is 13.9. The van der Waals surface area contributed by atoms with E-state index in [0.29, 0.717) is 59.0 Å². The number of hydrogen-bond acceptors (Lipinski definition) is 12. The standard InChI is InChI=1S/C35H44N6O9S2.H2/c1-21-28-29(42)40(34(2,3)32(43)38-52(45,46)35(4)12-13-35)33(44)39(31(28)51-30(21)41-36-14-15-37-41)20-27(50-24-18-22-10-11-23(19-24)49-22)25-8-6-7-9-26(25)48-17-16-47-5;/h6-9,14-15,22-24,27H,10-13,16-20H2,1-5H3,(H,38,43);1H/t22-,23+,24?,27-;/m0./s1. The molecule has 1 saturated carbocycles. The van der Waals surface area contributed by atoms with Gasteiger partial charge in [-0.05, 0) is 72.3 Å². The van der Waals surface area contributed by atoms with Gasteiger partial charge in [0.1, 0.15) is 33.8 Å². The second kappa shape index (κ2) is 13.8. The van der Waals surface area contributed by atoms with Crippen molar-refractivity contribution in [3.05, 3.63) is 68.6 Å². The number of nitrogens with zero attached hydrogens (tertiary/aromatic N) is 5. The lowest BCUT2D eigenvalue weighted by atomic mass is 10.0. The van der Waals surface area contributed by atoms with Crippen LogP contribution in [0, 0.1) is 6.92 Å². The highest BCUT2D eigenvalue weighted by Gasteiger charge is 2.52. The number of thiophene rings is 1. The minimum Gasteiger partial charge on any atom is -0.491 e. The molecule has 1 unspecified atom stereocenters. The summed E-state index contributed by atoms with van der Waals surface area (Å²) in [4.78, 5) is 44.9. The molecule has 3 fully saturated rings. The van der Waals surface area contributed by atoms with E-state index in [2.05, 4.69) is 14.9 Å². The maximum atomic E-state index is 14.8. The van der Waals surface area contributed by atoms with Crippen molar-refractivity contribution in [2.45, 2.75) is 107 Å². The zero-order valence-electron chi connectivity index (χ0n) is 29.9. The molecular weight excluding hydrogens is 713 g/mol. The minimum atomic E-state index is -4.07. The third kappa shape index (κ3) is 6.61. The summed E-state index contributed by atoms with van der Waals surface area (Å²) in [6, 6.07) is 7.44. The number of amides is 1. The van der Waals surface area contributed by atoms with Gasteiger partial charge in [0.25, 0.3) is 11.5 Å². The quantitative estimate of drug-likeness (QED) is 0.186. The molecule has 0 spiro atoms. The highest BCUT2D eigenvalue weighted by atomic mass is 32.2. The van der Waals surface area contributed by atoms with Gasteiger partial charge in [-0.3, -0.25) is 18.9 Å². The molecular formula is C35H46N6O9S2. The summed E-state index contributed by atoms with van der Waals surface area (Å²) in [6.07, 6.45) is 6.39. The first kappa shape index (κ1) is 36.5. The van der Waals surface area contributed by atoms with E-state index in [1.807, 2.05) is 24.3 Å². The maximum Gasteiger partial charge on any atom is 0.333 e. The Hall–Kier alpha value is -3.90. The van der Waals surface area contributed by atoms with Gasteiger partial charge in [0.15, 0.2) is 0 Å². The predicted octanol–water partition coefficient (Wildman–Crippen LogP) is 3.59. The van der Waals surface area contributed by atoms with Crippen LogP contribution in [0.1, 0.15) is 78.0 Å². The normalized spacial score (nSPS) is 21.7. The van der Waals surface area contributed by atoms with Crippen LogP contribution in [-0.2, 0) is 41.1 Å². The number of hydrogen-bond donors (Lipinski definition) is 1. The van der Waals surface area contributed by atoms with Crippen LogP contribution in [0.15, 0.2) is 46.2 Å². The average Bonchev–Trinajstić information content (AvgIpc) is 3.38. The van der Waals surface area contributed by atoms with Crippen molar-refractivity contribution >= 4 is 37.5 Å². The second-order valence-corrected chi connectivity index (χ2v) is 17.7. The zero-order chi connectivity index (χ0) is 37.0. The van der Waals surface area contributed by atoms with E-state index in [-0.39, 0.29) is 38.3 Å². The molecule has 2 saturated heterocycles. The maximum absolute atomic E-state index is 14.8. The van der Waals surface area contributed by atoms with Gasteiger partial charge in [-0.15, -0.1) is 4.80 Å². The summed E-state index contributed by atoms with van der Waals surface area (Å²) in [5.74, 6) is -0.436.